The molecule has 0 aliphatic rings. The predicted octanol–water partition coefficient (Wildman–Crippen LogP) is 2.38. The minimum Gasteiger partial charge on any atom is -0.482 e. The lowest BCUT2D eigenvalue weighted by molar-refractivity contribution is -0.119. The van der Waals surface area contributed by atoms with Crippen LogP contribution in [0.3, 0.4) is 0 Å². The molecule has 0 heterocycles. The maximum Gasteiger partial charge on any atom is 0.255 e. The van der Waals surface area contributed by atoms with Crippen LogP contribution in [0.5, 0.6) is 5.75 Å². The Labute approximate surface area is 98.9 Å². The molecule has 3 nitrogen and oxygen atoms in total. The fourth-order valence-corrected chi connectivity index (χ4v) is 2.57. The number of primary amides is 1. The molecule has 0 aromatic heterocycles. The zero-order chi connectivity index (χ0) is 10.7. The van der Waals surface area contributed by atoms with Crippen molar-refractivity contribution in [3.05, 3.63) is 26.6 Å². The topological polar surface area (TPSA) is 52.3 Å². The van der Waals surface area contributed by atoms with Gasteiger partial charge in [-0.25, -0.2) is 0 Å². The first-order valence-electron chi connectivity index (χ1n) is 3.87. The van der Waals surface area contributed by atoms with Gasteiger partial charge >= 0.3 is 0 Å². The SMILES string of the molecule is Cc1cc(Br)cc(Br)c1OCC(N)=O. The van der Waals surface area contributed by atoms with Crippen molar-refractivity contribution in [3.8, 4) is 5.75 Å². The maximum absolute atomic E-state index is 10.5. The van der Waals surface area contributed by atoms with E-state index in [1.165, 1.54) is 0 Å². The van der Waals surface area contributed by atoms with E-state index in [0.29, 0.717) is 5.75 Å². The molecule has 0 saturated carbocycles. The molecule has 1 aromatic carbocycles. The summed E-state index contributed by atoms with van der Waals surface area (Å²) in [5, 5.41) is 0. The van der Waals surface area contributed by atoms with Crippen molar-refractivity contribution in [1.29, 1.82) is 0 Å². The second kappa shape index (κ2) is 4.79. The lowest BCUT2D eigenvalue weighted by atomic mass is 10.2. The summed E-state index contributed by atoms with van der Waals surface area (Å²) in [6.45, 7) is 1.78. The molecule has 0 bridgehead atoms. The molecule has 0 saturated heterocycles. The highest BCUT2D eigenvalue weighted by Crippen LogP contribution is 2.32. The van der Waals surface area contributed by atoms with E-state index >= 15 is 0 Å². The van der Waals surface area contributed by atoms with Gasteiger partial charge in [-0.15, -0.1) is 0 Å². The molecule has 76 valence electrons. The number of aryl methyl sites for hydroxylation is 1. The number of carbonyl (C=O) groups is 1. The number of nitrogens with two attached hydrogens (primary N) is 1. The first-order chi connectivity index (χ1) is 6.50. The molecule has 0 aliphatic carbocycles. The van der Waals surface area contributed by atoms with Crippen molar-refractivity contribution < 1.29 is 9.53 Å². The summed E-state index contributed by atoms with van der Waals surface area (Å²) in [6, 6.07) is 3.75. The first-order valence-corrected chi connectivity index (χ1v) is 5.46. The van der Waals surface area contributed by atoms with Gasteiger partial charge in [0.05, 0.1) is 4.47 Å². The van der Waals surface area contributed by atoms with Crippen LogP contribution >= 0.6 is 31.9 Å². The monoisotopic (exact) mass is 321 g/mol. The Morgan fingerprint density at radius 3 is 2.64 bits per heavy atom. The molecule has 1 rings (SSSR count). The number of ether oxygens (including phenoxy) is 1. The van der Waals surface area contributed by atoms with Crippen LogP contribution < -0.4 is 10.5 Å². The van der Waals surface area contributed by atoms with Gasteiger partial charge in [-0.05, 0) is 40.5 Å². The molecule has 2 N–H and O–H groups in total. The average molecular weight is 323 g/mol. The van der Waals surface area contributed by atoms with E-state index in [9.17, 15) is 4.79 Å². The second-order valence-electron chi connectivity index (χ2n) is 2.79. The number of halogens is 2. The molecular formula is C9H9Br2NO2. The molecule has 14 heavy (non-hydrogen) atoms. The standard InChI is InChI=1S/C9H9Br2NO2/c1-5-2-6(10)3-7(11)9(5)14-4-8(12)13/h2-3H,4H2,1H3,(H2,12,13). The van der Waals surface area contributed by atoms with Crippen LogP contribution in [0.2, 0.25) is 0 Å². The molecule has 1 aromatic rings. The summed E-state index contributed by atoms with van der Waals surface area (Å²) in [6.07, 6.45) is 0. The van der Waals surface area contributed by atoms with Crippen molar-refractivity contribution >= 4 is 37.8 Å². The van der Waals surface area contributed by atoms with Crippen molar-refractivity contribution in [2.24, 2.45) is 5.73 Å². The number of carbonyl (C=O) groups excluding carboxylic acids is 1. The Morgan fingerprint density at radius 2 is 2.14 bits per heavy atom. The number of hydrogen-bond donors (Lipinski definition) is 1. The summed E-state index contributed by atoms with van der Waals surface area (Å²) >= 11 is 6.69. The van der Waals surface area contributed by atoms with Crippen molar-refractivity contribution in [2.45, 2.75) is 6.92 Å². The van der Waals surface area contributed by atoms with E-state index in [0.717, 1.165) is 14.5 Å². The minimum absolute atomic E-state index is 0.110. The van der Waals surface area contributed by atoms with Gasteiger partial charge in [0, 0.05) is 4.47 Å². The number of amides is 1. The second-order valence-corrected chi connectivity index (χ2v) is 4.56. The van der Waals surface area contributed by atoms with Gasteiger partial charge in [0.15, 0.2) is 6.61 Å². The summed E-state index contributed by atoms with van der Waals surface area (Å²) < 4.78 is 6.99. The van der Waals surface area contributed by atoms with Crippen LogP contribution in [-0.2, 0) is 4.79 Å². The van der Waals surface area contributed by atoms with Crippen molar-refractivity contribution in [3.63, 3.8) is 0 Å². The lowest BCUT2D eigenvalue weighted by Crippen LogP contribution is -2.20. The van der Waals surface area contributed by atoms with E-state index in [2.05, 4.69) is 31.9 Å². The van der Waals surface area contributed by atoms with Crippen LogP contribution in [-0.4, -0.2) is 12.5 Å². The van der Waals surface area contributed by atoms with Crippen molar-refractivity contribution in [2.75, 3.05) is 6.61 Å². The van der Waals surface area contributed by atoms with Crippen LogP contribution in [0.25, 0.3) is 0 Å². The summed E-state index contributed by atoms with van der Waals surface area (Å²) in [7, 11) is 0. The Bertz CT molecular complexity index is 343. The van der Waals surface area contributed by atoms with Gasteiger partial charge in [0.1, 0.15) is 5.75 Å². The third-order valence-corrected chi connectivity index (χ3v) is 2.60. The van der Waals surface area contributed by atoms with E-state index < -0.39 is 5.91 Å². The summed E-state index contributed by atoms with van der Waals surface area (Å²) in [5.74, 6) is 0.159. The first kappa shape index (κ1) is 11.5. The minimum atomic E-state index is -0.487. The van der Waals surface area contributed by atoms with Crippen LogP contribution in [0, 0.1) is 6.92 Å². The fraction of sp³-hybridized carbons (Fsp3) is 0.222. The third kappa shape index (κ3) is 2.99. The van der Waals surface area contributed by atoms with Gasteiger partial charge in [0.2, 0.25) is 0 Å². The van der Waals surface area contributed by atoms with Crippen LogP contribution in [0.4, 0.5) is 0 Å². The van der Waals surface area contributed by atoms with Gasteiger partial charge in [0.25, 0.3) is 5.91 Å². The Kier molecular flexibility index (Phi) is 3.95. The molecular weight excluding hydrogens is 314 g/mol. The number of rotatable bonds is 3. The number of hydrogen-bond acceptors (Lipinski definition) is 2. The van der Waals surface area contributed by atoms with E-state index in [1.807, 2.05) is 19.1 Å². The molecule has 0 unspecified atom stereocenters. The average Bonchev–Trinajstić information content (AvgIpc) is 2.01. The van der Waals surface area contributed by atoms with Crippen molar-refractivity contribution in [1.82, 2.24) is 0 Å². The fourth-order valence-electron chi connectivity index (χ4n) is 1.02. The van der Waals surface area contributed by atoms with E-state index in [1.54, 1.807) is 0 Å². The molecule has 0 fully saturated rings. The maximum atomic E-state index is 10.5. The zero-order valence-electron chi connectivity index (χ0n) is 7.51. The smallest absolute Gasteiger partial charge is 0.255 e. The van der Waals surface area contributed by atoms with Gasteiger partial charge in [-0.1, -0.05) is 15.9 Å². The zero-order valence-corrected chi connectivity index (χ0v) is 10.7. The molecule has 0 radical (unpaired) electrons. The number of benzene rings is 1. The van der Waals surface area contributed by atoms with Gasteiger partial charge in [-0.2, -0.15) is 0 Å². The highest BCUT2D eigenvalue weighted by molar-refractivity contribution is 9.11. The quantitative estimate of drug-likeness (QED) is 0.929. The Morgan fingerprint density at radius 1 is 1.50 bits per heavy atom. The van der Waals surface area contributed by atoms with Crippen LogP contribution in [0.15, 0.2) is 21.1 Å². The highest BCUT2D eigenvalue weighted by atomic mass is 79.9. The third-order valence-electron chi connectivity index (χ3n) is 1.55. The van der Waals surface area contributed by atoms with E-state index in [4.69, 9.17) is 10.5 Å². The highest BCUT2D eigenvalue weighted by Gasteiger charge is 2.07. The molecule has 0 atom stereocenters. The Hall–Kier alpha value is -0.550. The van der Waals surface area contributed by atoms with Gasteiger partial charge in [-0.3, -0.25) is 4.79 Å². The predicted molar refractivity (Wildman–Crippen MR) is 61.3 cm³/mol. The molecule has 5 heteroatoms. The Balaban J connectivity index is 2.91. The molecule has 0 aliphatic heterocycles. The lowest BCUT2D eigenvalue weighted by Gasteiger charge is -2.09. The largest absolute Gasteiger partial charge is 0.482 e. The summed E-state index contributed by atoms with van der Waals surface area (Å²) in [4.78, 5) is 10.5. The van der Waals surface area contributed by atoms with Gasteiger partial charge < -0.3 is 10.5 Å². The molecule has 0 spiro atoms. The van der Waals surface area contributed by atoms with Crippen LogP contribution in [0.1, 0.15) is 5.56 Å². The molecule has 1 amide bonds. The normalized spacial score (nSPS) is 9.93. The van der Waals surface area contributed by atoms with E-state index in [-0.39, 0.29) is 6.61 Å². The summed E-state index contributed by atoms with van der Waals surface area (Å²) in [5.41, 5.74) is 5.92.